The molecule has 0 spiro atoms. The first-order valence-electron chi connectivity index (χ1n) is 4.83. The summed E-state index contributed by atoms with van der Waals surface area (Å²) in [7, 11) is 0. The fourth-order valence-electron chi connectivity index (χ4n) is 1.55. The minimum Gasteiger partial charge on any atom is -0.387 e. The Balaban J connectivity index is 0.00000144. The Kier molecular flexibility index (Phi) is 4.12. The lowest BCUT2D eigenvalue weighted by molar-refractivity contribution is 0.100. The number of aliphatic imine (C=N–C) groups is 1. The molecule has 0 radical (unpaired) electrons. The van der Waals surface area contributed by atoms with E-state index in [2.05, 4.69) is 10.3 Å². The lowest BCUT2D eigenvalue weighted by atomic mass is 10.0. The minimum atomic E-state index is -0.419. The third-order valence-corrected chi connectivity index (χ3v) is 2.29. The summed E-state index contributed by atoms with van der Waals surface area (Å²) in [6, 6.07) is 5.38. The van der Waals surface area contributed by atoms with Crippen molar-refractivity contribution in [2.75, 3.05) is 0 Å². The molecular weight excluding hydrogens is 240 g/mol. The molecule has 0 aromatic heterocycles. The second-order valence-electron chi connectivity index (χ2n) is 3.47. The van der Waals surface area contributed by atoms with Crippen molar-refractivity contribution >= 4 is 30.3 Å². The Bertz CT molecular complexity index is 492. The molecular formula is C11H13ClN4O. The van der Waals surface area contributed by atoms with Crippen LogP contribution in [0.5, 0.6) is 0 Å². The van der Waals surface area contributed by atoms with E-state index in [1.54, 1.807) is 12.1 Å². The van der Waals surface area contributed by atoms with Crippen molar-refractivity contribution in [1.29, 1.82) is 0 Å². The van der Waals surface area contributed by atoms with Crippen LogP contribution in [0.3, 0.4) is 0 Å². The van der Waals surface area contributed by atoms with Gasteiger partial charge in [0.1, 0.15) is 0 Å². The predicted octanol–water partition coefficient (Wildman–Crippen LogP) is 0.596. The predicted molar refractivity (Wildman–Crippen MR) is 69.7 cm³/mol. The molecule has 90 valence electrons. The Hall–Kier alpha value is -2.01. The smallest absolute Gasteiger partial charge is 0.280 e. The van der Waals surface area contributed by atoms with Crippen LogP contribution < -0.4 is 16.8 Å². The number of guanidine groups is 1. The normalized spacial score (nSPS) is 11.8. The van der Waals surface area contributed by atoms with Gasteiger partial charge in [-0.25, -0.2) is 0 Å². The zero-order valence-electron chi connectivity index (χ0n) is 9.01. The summed E-state index contributed by atoms with van der Waals surface area (Å²) in [4.78, 5) is 15.0. The van der Waals surface area contributed by atoms with Crippen LogP contribution in [-0.2, 0) is 6.54 Å². The van der Waals surface area contributed by atoms with Gasteiger partial charge in [0, 0.05) is 12.1 Å². The number of halogens is 1. The summed E-state index contributed by atoms with van der Waals surface area (Å²) in [5.41, 5.74) is 12.9. The van der Waals surface area contributed by atoms with Gasteiger partial charge >= 0.3 is 0 Å². The summed E-state index contributed by atoms with van der Waals surface area (Å²) >= 11 is 0. The number of hydrogen-bond donors (Lipinski definition) is 3. The van der Waals surface area contributed by atoms with Crippen LogP contribution in [0.2, 0.25) is 0 Å². The molecule has 0 fully saturated rings. The Morgan fingerprint density at radius 2 is 2.12 bits per heavy atom. The highest BCUT2D eigenvalue weighted by Crippen LogP contribution is 2.17. The van der Waals surface area contributed by atoms with Crippen LogP contribution in [0.15, 0.2) is 29.4 Å². The molecule has 6 heteroatoms. The fraction of sp³-hybridized carbons (Fsp3) is 0.0909. The summed E-state index contributed by atoms with van der Waals surface area (Å²) in [6.45, 7) is 0.703. The van der Waals surface area contributed by atoms with Gasteiger partial charge in [0.2, 0.25) is 0 Å². The number of rotatable bonds is 1. The lowest BCUT2D eigenvalue weighted by Crippen LogP contribution is -2.24. The maximum Gasteiger partial charge on any atom is 0.280 e. The van der Waals surface area contributed by atoms with Crippen LogP contribution in [0.25, 0.3) is 6.08 Å². The Labute approximate surface area is 105 Å². The number of fused-ring (bicyclic) bond motifs is 1. The van der Waals surface area contributed by atoms with E-state index in [1.165, 1.54) is 0 Å². The van der Waals surface area contributed by atoms with Crippen molar-refractivity contribution in [2.24, 2.45) is 16.5 Å². The maximum atomic E-state index is 11.6. The zero-order chi connectivity index (χ0) is 11.5. The molecule has 0 unspecified atom stereocenters. The van der Waals surface area contributed by atoms with E-state index in [9.17, 15) is 4.79 Å². The number of benzene rings is 1. The molecule has 0 bridgehead atoms. The second-order valence-corrected chi connectivity index (χ2v) is 3.47. The molecule has 1 amide bonds. The molecule has 1 aromatic carbocycles. The number of amides is 1. The third kappa shape index (κ3) is 2.98. The quantitative estimate of drug-likeness (QED) is 0.504. The van der Waals surface area contributed by atoms with Crippen LogP contribution in [0.1, 0.15) is 21.5 Å². The maximum absolute atomic E-state index is 11.6. The van der Waals surface area contributed by atoms with E-state index in [0.29, 0.717) is 12.1 Å². The average molecular weight is 253 g/mol. The summed E-state index contributed by atoms with van der Waals surface area (Å²) < 4.78 is 0. The monoisotopic (exact) mass is 252 g/mol. The van der Waals surface area contributed by atoms with E-state index >= 15 is 0 Å². The largest absolute Gasteiger partial charge is 0.387 e. The van der Waals surface area contributed by atoms with Crippen molar-refractivity contribution < 1.29 is 4.79 Å². The molecule has 1 aliphatic rings. The molecule has 1 aliphatic heterocycles. The van der Waals surface area contributed by atoms with E-state index < -0.39 is 5.91 Å². The first-order valence-corrected chi connectivity index (χ1v) is 4.83. The van der Waals surface area contributed by atoms with Crippen LogP contribution >= 0.6 is 12.4 Å². The number of hydrogen-bond acceptors (Lipinski definition) is 2. The molecule has 2 rings (SSSR count). The van der Waals surface area contributed by atoms with Gasteiger partial charge in [-0.15, -0.1) is 12.4 Å². The number of nitrogens with two attached hydrogens (primary N) is 2. The van der Waals surface area contributed by atoms with E-state index in [1.807, 2.05) is 18.3 Å². The highest BCUT2D eigenvalue weighted by atomic mass is 35.5. The Morgan fingerprint density at radius 1 is 1.35 bits per heavy atom. The van der Waals surface area contributed by atoms with Crippen molar-refractivity contribution in [3.05, 3.63) is 41.1 Å². The van der Waals surface area contributed by atoms with Crippen LogP contribution in [0, 0.1) is 0 Å². The fourth-order valence-corrected chi connectivity index (χ4v) is 1.55. The van der Waals surface area contributed by atoms with Gasteiger partial charge in [0.05, 0.1) is 0 Å². The van der Waals surface area contributed by atoms with E-state index in [0.717, 1.165) is 11.1 Å². The number of nitrogens with zero attached hydrogens (tertiary/aromatic N) is 1. The summed E-state index contributed by atoms with van der Waals surface area (Å²) in [5, 5.41) is 3.07. The van der Waals surface area contributed by atoms with Crippen LogP contribution in [0.4, 0.5) is 0 Å². The van der Waals surface area contributed by atoms with Crippen molar-refractivity contribution in [3.63, 3.8) is 0 Å². The molecule has 5 N–H and O–H groups in total. The Morgan fingerprint density at radius 3 is 2.82 bits per heavy atom. The highest BCUT2D eigenvalue weighted by molar-refractivity contribution is 6.02. The number of nitrogens with one attached hydrogen (secondary N) is 1. The highest BCUT2D eigenvalue weighted by Gasteiger charge is 2.09. The van der Waals surface area contributed by atoms with Crippen molar-refractivity contribution in [1.82, 2.24) is 5.32 Å². The minimum absolute atomic E-state index is 0. The van der Waals surface area contributed by atoms with E-state index in [-0.39, 0.29) is 18.4 Å². The first kappa shape index (κ1) is 13.1. The topological polar surface area (TPSA) is 93.5 Å². The van der Waals surface area contributed by atoms with Gasteiger partial charge in [-0.2, -0.15) is 4.99 Å². The first-order chi connectivity index (χ1) is 7.66. The van der Waals surface area contributed by atoms with Gasteiger partial charge < -0.3 is 16.8 Å². The zero-order valence-corrected chi connectivity index (χ0v) is 9.83. The van der Waals surface area contributed by atoms with Crippen molar-refractivity contribution in [2.45, 2.75) is 6.54 Å². The van der Waals surface area contributed by atoms with Gasteiger partial charge in [-0.05, 0) is 35.5 Å². The number of carbonyl (C=O) groups excluding carboxylic acids is 1. The van der Waals surface area contributed by atoms with Gasteiger partial charge in [0.15, 0.2) is 5.96 Å². The molecule has 0 aliphatic carbocycles. The lowest BCUT2D eigenvalue weighted by Gasteiger charge is -2.12. The summed E-state index contributed by atoms with van der Waals surface area (Å²) in [5.74, 6) is -0.641. The van der Waals surface area contributed by atoms with Gasteiger partial charge in [-0.3, -0.25) is 4.79 Å². The van der Waals surface area contributed by atoms with Crippen LogP contribution in [-0.4, -0.2) is 11.9 Å². The van der Waals surface area contributed by atoms with Gasteiger partial charge in [-0.1, -0.05) is 6.07 Å². The van der Waals surface area contributed by atoms with E-state index in [4.69, 9.17) is 11.5 Å². The third-order valence-electron chi connectivity index (χ3n) is 2.29. The average Bonchev–Trinajstić information content (AvgIpc) is 2.27. The molecule has 0 atom stereocenters. The molecule has 0 saturated heterocycles. The molecule has 5 nitrogen and oxygen atoms in total. The molecule has 1 heterocycles. The van der Waals surface area contributed by atoms with Crippen molar-refractivity contribution in [3.8, 4) is 0 Å². The second kappa shape index (κ2) is 5.36. The van der Waals surface area contributed by atoms with Gasteiger partial charge in [0.25, 0.3) is 5.91 Å². The SMILES string of the molecule is Cl.NC(N)=NC(=O)c1ccc2c(c1)CNC=C2. The molecule has 17 heavy (non-hydrogen) atoms. The molecule has 0 saturated carbocycles. The summed E-state index contributed by atoms with van der Waals surface area (Å²) in [6.07, 6.45) is 3.83. The number of carbonyl (C=O) groups is 1. The standard InChI is InChI=1S/C11H12N4O.ClH/c12-11(13)15-10(16)8-2-1-7-3-4-14-6-9(7)5-8;/h1-5,14H,6H2,(H4,12,13,15,16);1H. The molecule has 1 aromatic rings.